The van der Waals surface area contributed by atoms with E-state index in [1.165, 1.54) is 24.2 Å². The van der Waals surface area contributed by atoms with Gasteiger partial charge in [0.15, 0.2) is 5.69 Å². The number of rotatable bonds is 3. The van der Waals surface area contributed by atoms with Crippen molar-refractivity contribution in [1.29, 1.82) is 0 Å². The van der Waals surface area contributed by atoms with Crippen molar-refractivity contribution in [2.45, 2.75) is 45.6 Å². The number of aromatic nitrogens is 2. The molecule has 5 heteroatoms. The molecule has 110 valence electrons. The van der Waals surface area contributed by atoms with E-state index in [9.17, 15) is 4.79 Å². The van der Waals surface area contributed by atoms with Crippen molar-refractivity contribution < 1.29 is 4.79 Å². The van der Waals surface area contributed by atoms with E-state index in [-0.39, 0.29) is 5.91 Å². The van der Waals surface area contributed by atoms with Crippen LogP contribution in [0.3, 0.4) is 0 Å². The summed E-state index contributed by atoms with van der Waals surface area (Å²) in [5, 5.41) is 11.5. The average molecular weight is 276 g/mol. The van der Waals surface area contributed by atoms with Gasteiger partial charge in [0.25, 0.3) is 5.91 Å². The Morgan fingerprint density at radius 2 is 2.10 bits per heavy atom. The maximum absolute atomic E-state index is 11.7. The van der Waals surface area contributed by atoms with Crippen molar-refractivity contribution >= 4 is 11.7 Å². The van der Waals surface area contributed by atoms with Gasteiger partial charge in [-0.05, 0) is 36.8 Å². The molecule has 0 bridgehead atoms. The number of carbonyl (C=O) groups excluding carboxylic acids is 1. The monoisotopic (exact) mass is 276 g/mol. The summed E-state index contributed by atoms with van der Waals surface area (Å²) in [6, 6.07) is 4.01. The zero-order chi connectivity index (χ0) is 14.8. The number of hydrogen-bond donors (Lipinski definition) is 1. The zero-order valence-corrected chi connectivity index (χ0v) is 12.8. The number of hydrogen-bond acceptors (Lipinski definition) is 4. The van der Waals surface area contributed by atoms with Crippen molar-refractivity contribution in [3.05, 3.63) is 17.8 Å². The molecule has 5 nitrogen and oxygen atoms in total. The molecular weight excluding hydrogens is 252 g/mol. The molecule has 1 saturated carbocycles. The molecule has 1 aromatic rings. The third kappa shape index (κ3) is 3.68. The smallest absolute Gasteiger partial charge is 0.273 e. The van der Waals surface area contributed by atoms with Gasteiger partial charge in [0, 0.05) is 20.1 Å². The van der Waals surface area contributed by atoms with Gasteiger partial charge in [-0.15, -0.1) is 10.2 Å². The first-order valence-electron chi connectivity index (χ1n) is 7.19. The molecule has 0 radical (unpaired) electrons. The van der Waals surface area contributed by atoms with Gasteiger partial charge in [-0.25, -0.2) is 0 Å². The summed E-state index contributed by atoms with van der Waals surface area (Å²) in [4.78, 5) is 13.2. The standard InChI is InChI=1S/C15H24N4O/c1-15(2)9-5-6-11(10-15)16-13-8-7-12(17-18-13)14(20)19(3)4/h7-8,11H,5-6,9-10H2,1-4H3,(H,16,18). The van der Waals surface area contributed by atoms with Gasteiger partial charge in [0.1, 0.15) is 5.82 Å². The first kappa shape index (κ1) is 14.8. The normalized spacial score (nSPS) is 21.3. The molecule has 20 heavy (non-hydrogen) atoms. The predicted molar refractivity (Wildman–Crippen MR) is 79.7 cm³/mol. The lowest BCUT2D eigenvalue weighted by Crippen LogP contribution is -2.32. The molecule has 0 saturated heterocycles. The maximum Gasteiger partial charge on any atom is 0.273 e. The number of amides is 1. The molecule has 1 aliphatic carbocycles. The van der Waals surface area contributed by atoms with E-state index in [0.29, 0.717) is 17.2 Å². The topological polar surface area (TPSA) is 58.1 Å². The summed E-state index contributed by atoms with van der Waals surface area (Å²) >= 11 is 0. The highest BCUT2D eigenvalue weighted by Crippen LogP contribution is 2.36. The summed E-state index contributed by atoms with van der Waals surface area (Å²) in [7, 11) is 3.42. The van der Waals surface area contributed by atoms with Gasteiger partial charge < -0.3 is 10.2 Å². The summed E-state index contributed by atoms with van der Waals surface area (Å²) in [6.07, 6.45) is 4.85. The van der Waals surface area contributed by atoms with Crippen LogP contribution in [0.4, 0.5) is 5.82 Å². The number of carbonyl (C=O) groups is 1. The Balaban J connectivity index is 1.99. The van der Waals surface area contributed by atoms with E-state index >= 15 is 0 Å². The van der Waals surface area contributed by atoms with Crippen LogP contribution < -0.4 is 5.32 Å². The minimum absolute atomic E-state index is 0.122. The SMILES string of the molecule is CN(C)C(=O)c1ccc(NC2CCCC(C)(C)C2)nn1. The van der Waals surface area contributed by atoms with E-state index in [4.69, 9.17) is 0 Å². The highest BCUT2D eigenvalue weighted by molar-refractivity contribution is 5.91. The van der Waals surface area contributed by atoms with Crippen LogP contribution >= 0.6 is 0 Å². The van der Waals surface area contributed by atoms with Gasteiger partial charge in [-0.2, -0.15) is 0 Å². The molecule has 1 N–H and O–H groups in total. The van der Waals surface area contributed by atoms with Gasteiger partial charge in [0.05, 0.1) is 0 Å². The van der Waals surface area contributed by atoms with E-state index in [1.807, 2.05) is 6.07 Å². The Bertz CT molecular complexity index is 467. The van der Waals surface area contributed by atoms with E-state index < -0.39 is 0 Å². The largest absolute Gasteiger partial charge is 0.366 e. The third-order valence-corrected chi connectivity index (χ3v) is 3.85. The molecule has 1 amide bonds. The summed E-state index contributed by atoms with van der Waals surface area (Å²) < 4.78 is 0. The first-order valence-corrected chi connectivity index (χ1v) is 7.19. The Morgan fingerprint density at radius 3 is 2.65 bits per heavy atom. The van der Waals surface area contributed by atoms with Crippen molar-refractivity contribution in [3.8, 4) is 0 Å². The number of nitrogens with zero attached hydrogens (tertiary/aromatic N) is 3. The molecule has 1 aliphatic rings. The molecule has 0 spiro atoms. The van der Waals surface area contributed by atoms with Crippen LogP contribution in [0, 0.1) is 5.41 Å². The summed E-state index contributed by atoms with van der Waals surface area (Å²) in [6.45, 7) is 4.62. The minimum atomic E-state index is -0.122. The maximum atomic E-state index is 11.7. The Hall–Kier alpha value is -1.65. The molecule has 0 aliphatic heterocycles. The lowest BCUT2D eigenvalue weighted by molar-refractivity contribution is 0.0821. The average Bonchev–Trinajstić information content (AvgIpc) is 2.37. The van der Waals surface area contributed by atoms with Crippen LogP contribution in [0.25, 0.3) is 0 Å². The van der Waals surface area contributed by atoms with Crippen LogP contribution in [-0.2, 0) is 0 Å². The summed E-state index contributed by atoms with van der Waals surface area (Å²) in [5.74, 6) is 0.630. The second kappa shape index (κ2) is 5.77. The van der Waals surface area contributed by atoms with Crippen LogP contribution in [-0.4, -0.2) is 41.1 Å². The highest BCUT2D eigenvalue weighted by Gasteiger charge is 2.28. The molecule has 1 aromatic heterocycles. The predicted octanol–water partition coefficient (Wildman–Crippen LogP) is 2.56. The molecule has 2 rings (SSSR count). The molecule has 1 unspecified atom stereocenters. The number of anilines is 1. The fourth-order valence-corrected chi connectivity index (χ4v) is 2.78. The second-order valence-corrected chi connectivity index (χ2v) is 6.61. The van der Waals surface area contributed by atoms with Crippen LogP contribution in [0.15, 0.2) is 12.1 Å². The Labute approximate surface area is 120 Å². The first-order chi connectivity index (χ1) is 9.37. The zero-order valence-electron chi connectivity index (χ0n) is 12.8. The molecular formula is C15H24N4O. The lowest BCUT2D eigenvalue weighted by Gasteiger charge is -2.35. The fraction of sp³-hybridized carbons (Fsp3) is 0.667. The van der Waals surface area contributed by atoms with Gasteiger partial charge >= 0.3 is 0 Å². The number of nitrogens with one attached hydrogen (secondary N) is 1. The van der Waals surface area contributed by atoms with Crippen molar-refractivity contribution in [2.75, 3.05) is 19.4 Å². The quantitative estimate of drug-likeness (QED) is 0.921. The van der Waals surface area contributed by atoms with E-state index in [0.717, 1.165) is 12.2 Å². The highest BCUT2D eigenvalue weighted by atomic mass is 16.2. The van der Waals surface area contributed by atoms with E-state index in [1.54, 1.807) is 20.2 Å². The minimum Gasteiger partial charge on any atom is -0.366 e. The van der Waals surface area contributed by atoms with Crippen LogP contribution in [0.2, 0.25) is 0 Å². The lowest BCUT2D eigenvalue weighted by atomic mass is 9.75. The second-order valence-electron chi connectivity index (χ2n) is 6.61. The molecule has 1 fully saturated rings. The van der Waals surface area contributed by atoms with Crippen molar-refractivity contribution in [2.24, 2.45) is 5.41 Å². The van der Waals surface area contributed by atoms with Crippen LogP contribution in [0.5, 0.6) is 0 Å². The van der Waals surface area contributed by atoms with Crippen molar-refractivity contribution in [1.82, 2.24) is 15.1 Å². The summed E-state index contributed by atoms with van der Waals surface area (Å²) in [5.41, 5.74) is 0.772. The molecule has 0 aromatic carbocycles. The molecule has 1 heterocycles. The van der Waals surface area contributed by atoms with E-state index in [2.05, 4.69) is 29.4 Å². The van der Waals surface area contributed by atoms with Gasteiger partial charge in [-0.1, -0.05) is 20.3 Å². The van der Waals surface area contributed by atoms with Gasteiger partial charge in [-0.3, -0.25) is 4.79 Å². The fourth-order valence-electron chi connectivity index (χ4n) is 2.78. The Kier molecular flexibility index (Phi) is 4.26. The third-order valence-electron chi connectivity index (χ3n) is 3.85. The molecule has 1 atom stereocenters. The van der Waals surface area contributed by atoms with Gasteiger partial charge in [0.2, 0.25) is 0 Å². The Morgan fingerprint density at radius 1 is 1.35 bits per heavy atom. The van der Waals surface area contributed by atoms with Crippen LogP contribution in [0.1, 0.15) is 50.0 Å². The van der Waals surface area contributed by atoms with Crippen molar-refractivity contribution in [3.63, 3.8) is 0 Å².